The van der Waals surface area contributed by atoms with Gasteiger partial charge in [0.05, 0.1) is 11.1 Å². The molecule has 0 unspecified atom stereocenters. The highest BCUT2D eigenvalue weighted by molar-refractivity contribution is 7.12. The van der Waals surface area contributed by atoms with E-state index in [0.717, 1.165) is 28.1 Å². The minimum absolute atomic E-state index is 0.00236. The molecule has 4 nitrogen and oxygen atoms in total. The molecule has 0 saturated heterocycles. The summed E-state index contributed by atoms with van der Waals surface area (Å²) in [6, 6.07) is 2.00. The van der Waals surface area contributed by atoms with E-state index in [4.69, 9.17) is 0 Å². The molecular formula is C12H15N3OS. The summed E-state index contributed by atoms with van der Waals surface area (Å²) in [4.78, 5) is 12.8. The molecule has 0 aliphatic rings. The van der Waals surface area contributed by atoms with Crippen LogP contribution in [-0.2, 0) is 13.0 Å². The van der Waals surface area contributed by atoms with Crippen molar-refractivity contribution < 1.29 is 4.79 Å². The lowest BCUT2D eigenvalue weighted by Gasteiger charge is -2.04. The van der Waals surface area contributed by atoms with Crippen molar-refractivity contribution in [3.05, 3.63) is 39.3 Å². The molecule has 0 aliphatic carbocycles. The zero-order valence-corrected chi connectivity index (χ0v) is 10.7. The Morgan fingerprint density at radius 1 is 1.53 bits per heavy atom. The Morgan fingerprint density at radius 2 is 2.35 bits per heavy atom. The average Bonchev–Trinajstić information content (AvgIpc) is 2.94. The zero-order chi connectivity index (χ0) is 12.3. The molecule has 0 aromatic carbocycles. The number of H-pyrrole nitrogens is 1. The molecule has 0 aliphatic heterocycles. The molecule has 0 radical (unpaired) electrons. The second kappa shape index (κ2) is 5.14. The number of thiophene rings is 1. The predicted molar refractivity (Wildman–Crippen MR) is 68.2 cm³/mol. The van der Waals surface area contributed by atoms with Gasteiger partial charge in [0, 0.05) is 17.8 Å². The standard InChI is InChI=1S/C12H15N3OS/c1-3-9-4-5-17-11(9)12(16)13-6-10-7-14-15-8(10)2/h4-5,7H,3,6H2,1-2H3,(H,13,16)(H,14,15). The fourth-order valence-corrected chi connectivity index (χ4v) is 2.53. The van der Waals surface area contributed by atoms with Gasteiger partial charge in [0.15, 0.2) is 0 Å². The van der Waals surface area contributed by atoms with Gasteiger partial charge in [0.2, 0.25) is 0 Å². The normalized spacial score (nSPS) is 10.5. The minimum Gasteiger partial charge on any atom is -0.347 e. The molecule has 2 aromatic rings. The first-order chi connectivity index (χ1) is 8.22. The van der Waals surface area contributed by atoms with Crippen LogP contribution in [0.4, 0.5) is 0 Å². The molecule has 17 heavy (non-hydrogen) atoms. The average molecular weight is 249 g/mol. The van der Waals surface area contributed by atoms with Crippen LogP contribution in [0.1, 0.15) is 33.4 Å². The van der Waals surface area contributed by atoms with Crippen LogP contribution in [0.5, 0.6) is 0 Å². The van der Waals surface area contributed by atoms with E-state index >= 15 is 0 Å². The number of rotatable bonds is 4. The van der Waals surface area contributed by atoms with E-state index < -0.39 is 0 Å². The van der Waals surface area contributed by atoms with E-state index in [0.29, 0.717) is 6.54 Å². The Kier molecular flexibility index (Phi) is 3.58. The van der Waals surface area contributed by atoms with Crippen LogP contribution >= 0.6 is 11.3 Å². The molecule has 0 atom stereocenters. The van der Waals surface area contributed by atoms with E-state index in [9.17, 15) is 4.79 Å². The summed E-state index contributed by atoms with van der Waals surface area (Å²) in [5, 5.41) is 11.6. The number of nitrogens with zero attached hydrogens (tertiary/aromatic N) is 1. The van der Waals surface area contributed by atoms with Crippen molar-refractivity contribution in [2.75, 3.05) is 0 Å². The Morgan fingerprint density at radius 3 is 3.00 bits per heavy atom. The number of amides is 1. The summed E-state index contributed by atoms with van der Waals surface area (Å²) in [6.07, 6.45) is 2.63. The highest BCUT2D eigenvalue weighted by Crippen LogP contribution is 2.17. The first-order valence-corrected chi connectivity index (χ1v) is 6.43. The maximum absolute atomic E-state index is 12.0. The Bertz CT molecular complexity index is 515. The lowest BCUT2D eigenvalue weighted by atomic mass is 10.2. The van der Waals surface area contributed by atoms with Gasteiger partial charge in [0.1, 0.15) is 0 Å². The number of aromatic nitrogens is 2. The zero-order valence-electron chi connectivity index (χ0n) is 9.91. The van der Waals surface area contributed by atoms with Crippen molar-refractivity contribution in [2.24, 2.45) is 0 Å². The summed E-state index contributed by atoms with van der Waals surface area (Å²) in [5.41, 5.74) is 3.12. The molecule has 1 amide bonds. The number of carbonyl (C=O) groups is 1. The number of nitrogens with one attached hydrogen (secondary N) is 2. The number of hydrogen-bond acceptors (Lipinski definition) is 3. The lowest BCUT2D eigenvalue weighted by Crippen LogP contribution is -2.22. The molecular weight excluding hydrogens is 234 g/mol. The summed E-state index contributed by atoms with van der Waals surface area (Å²) < 4.78 is 0. The molecule has 0 spiro atoms. The van der Waals surface area contributed by atoms with Crippen LogP contribution in [0.3, 0.4) is 0 Å². The van der Waals surface area contributed by atoms with Gasteiger partial charge in [-0.1, -0.05) is 6.92 Å². The van der Waals surface area contributed by atoms with Crippen LogP contribution in [0.25, 0.3) is 0 Å². The quantitative estimate of drug-likeness (QED) is 0.873. The summed E-state index contributed by atoms with van der Waals surface area (Å²) in [6.45, 7) is 4.51. The molecule has 5 heteroatoms. The number of aromatic amines is 1. The van der Waals surface area contributed by atoms with Crippen molar-refractivity contribution in [1.82, 2.24) is 15.5 Å². The number of carbonyl (C=O) groups excluding carboxylic acids is 1. The van der Waals surface area contributed by atoms with Crippen molar-refractivity contribution >= 4 is 17.2 Å². The third-order valence-corrected chi connectivity index (χ3v) is 3.66. The predicted octanol–water partition coefficient (Wildman–Crippen LogP) is 2.27. The van der Waals surface area contributed by atoms with E-state index in [2.05, 4.69) is 22.4 Å². The Balaban J connectivity index is 2.01. The molecule has 2 rings (SSSR count). The fraction of sp³-hybridized carbons (Fsp3) is 0.333. The van der Waals surface area contributed by atoms with Gasteiger partial charge < -0.3 is 5.32 Å². The molecule has 0 saturated carbocycles. The second-order valence-electron chi connectivity index (χ2n) is 3.83. The van der Waals surface area contributed by atoms with Crippen LogP contribution in [0.15, 0.2) is 17.6 Å². The highest BCUT2D eigenvalue weighted by atomic mass is 32.1. The molecule has 2 heterocycles. The van der Waals surface area contributed by atoms with Crippen molar-refractivity contribution in [2.45, 2.75) is 26.8 Å². The molecule has 2 N–H and O–H groups in total. The van der Waals surface area contributed by atoms with Gasteiger partial charge in [-0.05, 0) is 30.4 Å². The fourth-order valence-electron chi connectivity index (χ4n) is 1.62. The molecule has 2 aromatic heterocycles. The first kappa shape index (κ1) is 11.9. The highest BCUT2D eigenvalue weighted by Gasteiger charge is 2.12. The van der Waals surface area contributed by atoms with Gasteiger partial charge >= 0.3 is 0 Å². The summed E-state index contributed by atoms with van der Waals surface area (Å²) >= 11 is 1.49. The van der Waals surface area contributed by atoms with Crippen LogP contribution < -0.4 is 5.32 Å². The Hall–Kier alpha value is -1.62. The van der Waals surface area contributed by atoms with Crippen molar-refractivity contribution in [3.8, 4) is 0 Å². The number of aryl methyl sites for hydroxylation is 2. The molecule has 90 valence electrons. The minimum atomic E-state index is -0.00236. The topological polar surface area (TPSA) is 57.8 Å². The van der Waals surface area contributed by atoms with E-state index in [-0.39, 0.29) is 5.91 Å². The van der Waals surface area contributed by atoms with Crippen LogP contribution in [0.2, 0.25) is 0 Å². The van der Waals surface area contributed by atoms with Gasteiger partial charge in [-0.25, -0.2) is 0 Å². The van der Waals surface area contributed by atoms with Crippen LogP contribution in [-0.4, -0.2) is 16.1 Å². The maximum Gasteiger partial charge on any atom is 0.261 e. The van der Waals surface area contributed by atoms with Gasteiger partial charge in [-0.15, -0.1) is 11.3 Å². The monoisotopic (exact) mass is 249 g/mol. The molecule has 0 bridgehead atoms. The third-order valence-electron chi connectivity index (χ3n) is 2.71. The first-order valence-electron chi connectivity index (χ1n) is 5.55. The Labute approximate surface area is 104 Å². The second-order valence-corrected chi connectivity index (χ2v) is 4.75. The van der Waals surface area contributed by atoms with Crippen molar-refractivity contribution in [3.63, 3.8) is 0 Å². The van der Waals surface area contributed by atoms with E-state index in [1.807, 2.05) is 18.4 Å². The van der Waals surface area contributed by atoms with Crippen molar-refractivity contribution in [1.29, 1.82) is 0 Å². The molecule has 0 fully saturated rings. The van der Waals surface area contributed by atoms with Crippen LogP contribution in [0, 0.1) is 6.92 Å². The van der Waals surface area contributed by atoms with Gasteiger partial charge in [-0.2, -0.15) is 5.10 Å². The van der Waals surface area contributed by atoms with Gasteiger partial charge in [-0.3, -0.25) is 9.89 Å². The lowest BCUT2D eigenvalue weighted by molar-refractivity contribution is 0.0954. The third kappa shape index (κ3) is 2.55. The summed E-state index contributed by atoms with van der Waals surface area (Å²) in [7, 11) is 0. The maximum atomic E-state index is 12.0. The summed E-state index contributed by atoms with van der Waals surface area (Å²) in [5.74, 6) is -0.00236. The largest absolute Gasteiger partial charge is 0.347 e. The smallest absolute Gasteiger partial charge is 0.261 e. The van der Waals surface area contributed by atoms with E-state index in [1.54, 1.807) is 6.20 Å². The SMILES string of the molecule is CCc1ccsc1C(=O)NCc1cn[nH]c1C. The number of hydrogen-bond donors (Lipinski definition) is 2. The van der Waals surface area contributed by atoms with E-state index in [1.165, 1.54) is 11.3 Å². The van der Waals surface area contributed by atoms with Gasteiger partial charge in [0.25, 0.3) is 5.91 Å².